The van der Waals surface area contributed by atoms with Gasteiger partial charge in [-0.2, -0.15) is 5.10 Å². The third kappa shape index (κ3) is 3.67. The lowest BCUT2D eigenvalue weighted by atomic mass is 9.93. The quantitative estimate of drug-likeness (QED) is 0.774. The molecule has 1 amide bonds. The number of hydrogen-bond acceptors (Lipinski definition) is 4. The molecular formula is C20H21N5O2. The minimum absolute atomic E-state index is 0.0255. The Hall–Kier alpha value is -3.22. The maximum atomic E-state index is 12.9. The molecule has 0 spiro atoms. The second kappa shape index (κ2) is 7.19. The Morgan fingerprint density at radius 1 is 1.19 bits per heavy atom. The first-order valence-electron chi connectivity index (χ1n) is 9.07. The van der Waals surface area contributed by atoms with Gasteiger partial charge in [0.25, 0.3) is 11.5 Å². The van der Waals surface area contributed by atoms with Gasteiger partial charge in [-0.25, -0.2) is 9.67 Å². The Bertz CT molecular complexity index is 1000. The van der Waals surface area contributed by atoms with Gasteiger partial charge in [-0.3, -0.25) is 9.59 Å². The van der Waals surface area contributed by atoms with Crippen LogP contribution >= 0.6 is 0 Å². The molecule has 1 N–H and O–H groups in total. The van der Waals surface area contributed by atoms with Crippen LogP contribution in [-0.2, 0) is 0 Å². The van der Waals surface area contributed by atoms with Crippen molar-refractivity contribution in [1.82, 2.24) is 24.6 Å². The average Bonchev–Trinajstić information content (AvgIpc) is 3.22. The number of nitrogens with zero attached hydrogens (tertiary/aromatic N) is 4. The Kier molecular flexibility index (Phi) is 4.58. The number of aromatic amines is 1. The SMILES string of the molecule is Cc1nc(C2CCN(C(=O)c3cccc(-n4cccn4)c3)CC2)cc(=O)[nH]1. The van der Waals surface area contributed by atoms with Gasteiger partial charge in [0.1, 0.15) is 5.82 Å². The van der Waals surface area contributed by atoms with Crippen LogP contribution < -0.4 is 5.56 Å². The highest BCUT2D eigenvalue weighted by atomic mass is 16.2. The molecule has 1 saturated heterocycles. The topological polar surface area (TPSA) is 83.9 Å². The van der Waals surface area contributed by atoms with Crippen molar-refractivity contribution in [3.63, 3.8) is 0 Å². The first-order valence-corrected chi connectivity index (χ1v) is 9.07. The van der Waals surface area contributed by atoms with E-state index >= 15 is 0 Å². The van der Waals surface area contributed by atoms with Crippen molar-refractivity contribution in [2.75, 3.05) is 13.1 Å². The summed E-state index contributed by atoms with van der Waals surface area (Å²) in [6.45, 7) is 3.10. The molecule has 3 aromatic rings. The number of aromatic nitrogens is 4. The number of benzene rings is 1. The summed E-state index contributed by atoms with van der Waals surface area (Å²) in [5.74, 6) is 0.870. The molecule has 7 nitrogen and oxygen atoms in total. The number of likely N-dealkylation sites (tertiary alicyclic amines) is 1. The van der Waals surface area contributed by atoms with Crippen molar-refractivity contribution in [1.29, 1.82) is 0 Å². The molecule has 1 aliphatic rings. The highest BCUT2D eigenvalue weighted by molar-refractivity contribution is 5.94. The highest BCUT2D eigenvalue weighted by Gasteiger charge is 2.26. The van der Waals surface area contributed by atoms with Crippen molar-refractivity contribution in [2.45, 2.75) is 25.7 Å². The molecule has 1 fully saturated rings. The summed E-state index contributed by atoms with van der Waals surface area (Å²) in [5.41, 5.74) is 2.23. The summed E-state index contributed by atoms with van der Waals surface area (Å²) in [7, 11) is 0. The zero-order valence-electron chi connectivity index (χ0n) is 15.1. The smallest absolute Gasteiger partial charge is 0.253 e. The fourth-order valence-electron chi connectivity index (χ4n) is 3.58. The number of rotatable bonds is 3. The third-order valence-electron chi connectivity index (χ3n) is 4.94. The van der Waals surface area contributed by atoms with Crippen LogP contribution in [0.1, 0.15) is 40.6 Å². The summed E-state index contributed by atoms with van der Waals surface area (Å²) in [5, 5.41) is 4.21. The lowest BCUT2D eigenvalue weighted by Gasteiger charge is -2.32. The Balaban J connectivity index is 1.46. The van der Waals surface area contributed by atoms with Crippen LogP contribution in [0.4, 0.5) is 0 Å². The van der Waals surface area contributed by atoms with Crippen molar-refractivity contribution < 1.29 is 4.79 Å². The lowest BCUT2D eigenvalue weighted by Crippen LogP contribution is -2.38. The summed E-state index contributed by atoms with van der Waals surface area (Å²) in [6.07, 6.45) is 5.18. The predicted octanol–water partition coefficient (Wildman–Crippen LogP) is 2.28. The van der Waals surface area contributed by atoms with Crippen LogP contribution in [-0.4, -0.2) is 43.6 Å². The molecule has 0 bridgehead atoms. The van der Waals surface area contributed by atoms with Crippen LogP contribution in [0.25, 0.3) is 5.69 Å². The molecule has 1 aromatic carbocycles. The summed E-state index contributed by atoms with van der Waals surface area (Å²) in [6, 6.07) is 10.9. The zero-order chi connectivity index (χ0) is 18.8. The van der Waals surface area contributed by atoms with Gasteiger partial charge in [-0.05, 0) is 44.0 Å². The lowest BCUT2D eigenvalue weighted by molar-refractivity contribution is 0.0712. The van der Waals surface area contributed by atoms with Crippen molar-refractivity contribution in [3.8, 4) is 5.69 Å². The second-order valence-corrected chi connectivity index (χ2v) is 6.82. The number of carbonyl (C=O) groups is 1. The molecule has 7 heteroatoms. The molecule has 0 radical (unpaired) electrons. The monoisotopic (exact) mass is 363 g/mol. The zero-order valence-corrected chi connectivity index (χ0v) is 15.1. The first kappa shape index (κ1) is 17.2. The fraction of sp³-hybridized carbons (Fsp3) is 0.300. The number of carbonyl (C=O) groups excluding carboxylic acids is 1. The number of hydrogen-bond donors (Lipinski definition) is 1. The van der Waals surface area contributed by atoms with Crippen LogP contribution in [0.15, 0.2) is 53.6 Å². The normalized spacial score (nSPS) is 15.1. The van der Waals surface area contributed by atoms with E-state index in [-0.39, 0.29) is 17.4 Å². The van der Waals surface area contributed by atoms with Crippen molar-refractivity contribution >= 4 is 5.91 Å². The van der Waals surface area contributed by atoms with Crippen molar-refractivity contribution in [2.24, 2.45) is 0 Å². The molecule has 4 rings (SSSR count). The van der Waals surface area contributed by atoms with Gasteiger partial charge in [-0.1, -0.05) is 6.07 Å². The Morgan fingerprint density at radius 2 is 2.00 bits per heavy atom. The van der Waals surface area contributed by atoms with Gasteiger partial charge in [0.2, 0.25) is 0 Å². The van der Waals surface area contributed by atoms with Crippen LogP contribution in [0, 0.1) is 6.92 Å². The number of H-pyrrole nitrogens is 1. The van der Waals surface area contributed by atoms with Crippen LogP contribution in [0.3, 0.4) is 0 Å². The molecule has 0 unspecified atom stereocenters. The molecule has 3 heterocycles. The van der Waals surface area contributed by atoms with E-state index in [9.17, 15) is 9.59 Å². The first-order chi connectivity index (χ1) is 13.1. The largest absolute Gasteiger partial charge is 0.339 e. The molecule has 27 heavy (non-hydrogen) atoms. The number of piperidine rings is 1. The summed E-state index contributed by atoms with van der Waals surface area (Å²) >= 11 is 0. The van der Waals surface area contributed by atoms with E-state index in [0.717, 1.165) is 24.2 Å². The van der Waals surface area contributed by atoms with E-state index in [1.54, 1.807) is 23.9 Å². The van der Waals surface area contributed by atoms with E-state index in [1.807, 2.05) is 41.4 Å². The van der Waals surface area contributed by atoms with E-state index in [0.29, 0.717) is 24.5 Å². The van der Waals surface area contributed by atoms with E-state index < -0.39 is 0 Å². The Morgan fingerprint density at radius 3 is 2.70 bits per heavy atom. The molecule has 138 valence electrons. The van der Waals surface area contributed by atoms with Gasteiger partial charge in [-0.15, -0.1) is 0 Å². The van der Waals surface area contributed by atoms with Gasteiger partial charge < -0.3 is 9.88 Å². The van der Waals surface area contributed by atoms with Crippen molar-refractivity contribution in [3.05, 3.63) is 76.2 Å². The second-order valence-electron chi connectivity index (χ2n) is 6.82. The van der Waals surface area contributed by atoms with E-state index in [4.69, 9.17) is 0 Å². The number of aryl methyl sites for hydroxylation is 1. The van der Waals surface area contributed by atoms with Crippen LogP contribution in [0.2, 0.25) is 0 Å². The molecule has 0 saturated carbocycles. The minimum Gasteiger partial charge on any atom is -0.339 e. The van der Waals surface area contributed by atoms with Gasteiger partial charge in [0, 0.05) is 43.0 Å². The van der Waals surface area contributed by atoms with Gasteiger partial charge >= 0.3 is 0 Å². The number of nitrogens with one attached hydrogen (secondary N) is 1. The molecule has 1 aliphatic heterocycles. The average molecular weight is 363 g/mol. The van der Waals surface area contributed by atoms with Gasteiger partial charge in [0.15, 0.2) is 0 Å². The maximum absolute atomic E-state index is 12.9. The highest BCUT2D eigenvalue weighted by Crippen LogP contribution is 2.27. The summed E-state index contributed by atoms with van der Waals surface area (Å²) in [4.78, 5) is 33.6. The van der Waals surface area contributed by atoms with E-state index in [2.05, 4.69) is 15.1 Å². The summed E-state index contributed by atoms with van der Waals surface area (Å²) < 4.78 is 1.74. The predicted molar refractivity (Wildman–Crippen MR) is 101 cm³/mol. The Labute approximate surface area is 156 Å². The molecule has 2 aromatic heterocycles. The standard InChI is InChI=1S/C20H21N5O2/c1-14-22-18(13-19(26)23-14)15-6-10-24(11-7-15)20(27)16-4-2-5-17(12-16)25-9-3-8-21-25/h2-5,8-9,12-13,15H,6-7,10-11H2,1H3,(H,22,23,26). The molecule has 0 aliphatic carbocycles. The maximum Gasteiger partial charge on any atom is 0.253 e. The number of amides is 1. The van der Waals surface area contributed by atoms with E-state index in [1.165, 1.54) is 0 Å². The fourth-order valence-corrected chi connectivity index (χ4v) is 3.58. The molecular weight excluding hydrogens is 342 g/mol. The third-order valence-corrected chi connectivity index (χ3v) is 4.94. The minimum atomic E-state index is -0.119. The molecule has 0 atom stereocenters. The van der Waals surface area contributed by atoms with Crippen LogP contribution in [0.5, 0.6) is 0 Å². The van der Waals surface area contributed by atoms with Gasteiger partial charge in [0.05, 0.1) is 11.4 Å².